The van der Waals surface area contributed by atoms with Crippen LogP contribution in [-0.4, -0.2) is 79.4 Å². The maximum atomic E-state index is 13.3. The number of likely N-dealkylation sites (N-methyl/N-ethyl adjacent to an activating group) is 1. The summed E-state index contributed by atoms with van der Waals surface area (Å²) >= 11 is 6.11. The first-order valence-electron chi connectivity index (χ1n) is 11.7. The molecule has 0 saturated carbocycles. The van der Waals surface area contributed by atoms with Gasteiger partial charge in [-0.2, -0.15) is 0 Å². The van der Waals surface area contributed by atoms with Gasteiger partial charge in [0, 0.05) is 61.7 Å². The average Bonchev–Trinajstić information content (AvgIpc) is 2.84. The number of amides is 2. The summed E-state index contributed by atoms with van der Waals surface area (Å²) in [7, 11) is 2.06. The van der Waals surface area contributed by atoms with Crippen molar-refractivity contribution >= 4 is 23.4 Å². The minimum Gasteiger partial charge on any atom is -0.493 e. The Bertz CT molecular complexity index is 1010. The Kier molecular flexibility index (Phi) is 7.73. The number of likely N-dealkylation sites (tertiary alicyclic amines) is 1. The molecule has 2 saturated heterocycles. The molecule has 34 heavy (non-hydrogen) atoms. The fourth-order valence-electron chi connectivity index (χ4n) is 4.75. The molecule has 2 heterocycles. The van der Waals surface area contributed by atoms with Crippen LogP contribution < -0.4 is 4.74 Å². The number of benzene rings is 2. The molecule has 6 nitrogen and oxygen atoms in total. The second-order valence-electron chi connectivity index (χ2n) is 9.44. The number of piperidine rings is 1. The highest BCUT2D eigenvalue weighted by Gasteiger charge is 2.41. The molecule has 4 rings (SSSR count). The van der Waals surface area contributed by atoms with Crippen molar-refractivity contribution in [1.82, 2.24) is 14.7 Å². The first-order chi connectivity index (χ1) is 16.3. The van der Waals surface area contributed by atoms with E-state index < -0.39 is 5.41 Å². The fourth-order valence-corrected chi connectivity index (χ4v) is 4.94. The number of carbonyl (C=O) groups excluding carboxylic acids is 2. The number of ether oxygens (including phenoxy) is 1. The number of halogens is 2. The lowest BCUT2D eigenvalue weighted by Crippen LogP contribution is -2.53. The number of carbonyl (C=O) groups is 2. The Balaban J connectivity index is 1.52. The predicted molar refractivity (Wildman–Crippen MR) is 130 cm³/mol. The molecule has 0 bridgehead atoms. The number of nitrogens with zero attached hydrogens (tertiary/aromatic N) is 3. The van der Waals surface area contributed by atoms with E-state index in [0.717, 1.165) is 25.9 Å². The first kappa shape index (κ1) is 24.5. The Morgan fingerprint density at radius 1 is 1.03 bits per heavy atom. The first-order valence-corrected chi connectivity index (χ1v) is 12.1. The second-order valence-corrected chi connectivity index (χ2v) is 9.88. The molecule has 2 aliphatic heterocycles. The van der Waals surface area contributed by atoms with E-state index in [1.165, 1.54) is 12.1 Å². The molecule has 2 amide bonds. The molecule has 1 atom stereocenters. The van der Waals surface area contributed by atoms with Gasteiger partial charge in [-0.3, -0.25) is 9.59 Å². The van der Waals surface area contributed by atoms with Crippen molar-refractivity contribution < 1.29 is 18.7 Å². The van der Waals surface area contributed by atoms with Crippen molar-refractivity contribution in [2.75, 3.05) is 52.9 Å². The third-order valence-corrected chi connectivity index (χ3v) is 7.00. The molecule has 0 radical (unpaired) electrons. The quantitative estimate of drug-likeness (QED) is 0.619. The van der Waals surface area contributed by atoms with E-state index in [2.05, 4.69) is 11.9 Å². The Morgan fingerprint density at radius 3 is 2.47 bits per heavy atom. The van der Waals surface area contributed by atoms with Crippen molar-refractivity contribution in [1.29, 1.82) is 0 Å². The van der Waals surface area contributed by atoms with Crippen molar-refractivity contribution in [3.63, 3.8) is 0 Å². The summed E-state index contributed by atoms with van der Waals surface area (Å²) in [5.74, 6) is 0.211. The molecule has 0 N–H and O–H groups in total. The minimum atomic E-state index is -0.526. The van der Waals surface area contributed by atoms with Crippen molar-refractivity contribution in [3.8, 4) is 5.75 Å². The van der Waals surface area contributed by atoms with Crippen LogP contribution in [-0.2, 0) is 4.79 Å². The highest BCUT2D eigenvalue weighted by atomic mass is 35.5. The van der Waals surface area contributed by atoms with Crippen LogP contribution in [0.15, 0.2) is 48.5 Å². The van der Waals surface area contributed by atoms with Gasteiger partial charge in [-0.15, -0.1) is 0 Å². The van der Waals surface area contributed by atoms with E-state index in [4.69, 9.17) is 16.3 Å². The molecule has 0 aliphatic carbocycles. The van der Waals surface area contributed by atoms with Gasteiger partial charge in [-0.05, 0) is 62.4 Å². The smallest absolute Gasteiger partial charge is 0.253 e. The molecule has 0 unspecified atom stereocenters. The largest absolute Gasteiger partial charge is 0.493 e. The maximum Gasteiger partial charge on any atom is 0.253 e. The topological polar surface area (TPSA) is 53.1 Å². The lowest BCUT2D eigenvalue weighted by Gasteiger charge is -2.43. The standard InChI is InChI=1S/C26H31ClFN3O3/c1-29-12-14-30(15-13-29)24(32)17-26(19-34-23-8-6-22(28)7-9-23)10-3-11-31(18-26)25(33)20-4-2-5-21(27)16-20/h2,4-9,16H,3,10-15,17-19H2,1H3/t26-/m0/s1. The summed E-state index contributed by atoms with van der Waals surface area (Å²) in [4.78, 5) is 32.5. The van der Waals surface area contributed by atoms with Gasteiger partial charge in [0.1, 0.15) is 11.6 Å². The van der Waals surface area contributed by atoms with Gasteiger partial charge < -0.3 is 19.4 Å². The van der Waals surface area contributed by atoms with Crippen LogP contribution >= 0.6 is 11.6 Å². The van der Waals surface area contributed by atoms with Crippen LogP contribution in [0.5, 0.6) is 5.75 Å². The third kappa shape index (κ3) is 6.07. The summed E-state index contributed by atoms with van der Waals surface area (Å²) in [6.45, 7) is 4.42. The molecule has 0 spiro atoms. The van der Waals surface area contributed by atoms with E-state index in [-0.39, 0.29) is 24.2 Å². The zero-order chi connectivity index (χ0) is 24.1. The zero-order valence-corrected chi connectivity index (χ0v) is 20.3. The van der Waals surface area contributed by atoms with Gasteiger partial charge in [0.2, 0.25) is 5.91 Å². The van der Waals surface area contributed by atoms with Gasteiger partial charge in [0.25, 0.3) is 5.91 Å². The fraction of sp³-hybridized carbons (Fsp3) is 0.462. The number of hydrogen-bond acceptors (Lipinski definition) is 4. The van der Waals surface area contributed by atoms with E-state index in [9.17, 15) is 14.0 Å². The molecular weight excluding hydrogens is 457 g/mol. The van der Waals surface area contributed by atoms with Crippen molar-refractivity contribution in [2.45, 2.75) is 19.3 Å². The van der Waals surface area contributed by atoms with Crippen molar-refractivity contribution in [3.05, 3.63) is 64.9 Å². The Labute approximate surface area is 205 Å². The van der Waals surface area contributed by atoms with Crippen LogP contribution in [0.1, 0.15) is 29.6 Å². The van der Waals surface area contributed by atoms with Crippen LogP contribution in [0.4, 0.5) is 4.39 Å². The van der Waals surface area contributed by atoms with Crippen LogP contribution in [0.25, 0.3) is 0 Å². The van der Waals surface area contributed by atoms with E-state index >= 15 is 0 Å². The van der Waals surface area contributed by atoms with E-state index in [0.29, 0.717) is 48.9 Å². The van der Waals surface area contributed by atoms with Crippen LogP contribution in [0, 0.1) is 11.2 Å². The normalized spacial score (nSPS) is 21.4. The monoisotopic (exact) mass is 487 g/mol. The van der Waals surface area contributed by atoms with Crippen molar-refractivity contribution in [2.24, 2.45) is 5.41 Å². The molecular formula is C26H31ClFN3O3. The lowest BCUT2D eigenvalue weighted by molar-refractivity contribution is -0.137. The average molecular weight is 488 g/mol. The van der Waals surface area contributed by atoms with Gasteiger partial charge in [0.05, 0.1) is 6.61 Å². The molecule has 0 aromatic heterocycles. The summed E-state index contributed by atoms with van der Waals surface area (Å²) < 4.78 is 19.4. The van der Waals surface area contributed by atoms with Crippen LogP contribution in [0.2, 0.25) is 5.02 Å². The SMILES string of the molecule is CN1CCN(C(=O)C[C@@]2(COc3ccc(F)cc3)CCCN(C(=O)c3cccc(Cl)c3)C2)CC1. The van der Waals surface area contributed by atoms with Gasteiger partial charge in [0.15, 0.2) is 0 Å². The summed E-state index contributed by atoms with van der Waals surface area (Å²) in [5.41, 5.74) is 0.00884. The minimum absolute atomic E-state index is 0.0906. The molecule has 2 aromatic carbocycles. The molecule has 2 fully saturated rings. The number of piperazine rings is 1. The van der Waals surface area contributed by atoms with Gasteiger partial charge in [-0.25, -0.2) is 4.39 Å². The highest BCUT2D eigenvalue weighted by Crippen LogP contribution is 2.36. The third-order valence-electron chi connectivity index (χ3n) is 6.76. The number of rotatable bonds is 6. The lowest BCUT2D eigenvalue weighted by atomic mass is 9.77. The second kappa shape index (κ2) is 10.7. The molecule has 182 valence electrons. The molecule has 2 aromatic rings. The van der Waals surface area contributed by atoms with Gasteiger partial charge >= 0.3 is 0 Å². The molecule has 8 heteroatoms. The summed E-state index contributed by atoms with van der Waals surface area (Å²) in [5, 5.41) is 0.513. The van der Waals surface area contributed by atoms with Crippen LogP contribution in [0.3, 0.4) is 0 Å². The van der Waals surface area contributed by atoms with E-state index in [1.807, 2.05) is 4.90 Å². The highest BCUT2D eigenvalue weighted by molar-refractivity contribution is 6.30. The Morgan fingerprint density at radius 2 is 1.76 bits per heavy atom. The number of hydrogen-bond donors (Lipinski definition) is 0. The van der Waals surface area contributed by atoms with Gasteiger partial charge in [-0.1, -0.05) is 17.7 Å². The van der Waals surface area contributed by atoms with E-state index in [1.54, 1.807) is 41.3 Å². The summed E-state index contributed by atoms with van der Waals surface area (Å²) in [6, 6.07) is 12.8. The zero-order valence-electron chi connectivity index (χ0n) is 19.5. The molecule has 2 aliphatic rings. The Hall–Kier alpha value is -2.64. The maximum absolute atomic E-state index is 13.3. The predicted octanol–water partition coefficient (Wildman–Crippen LogP) is 3.94. The summed E-state index contributed by atoms with van der Waals surface area (Å²) in [6.07, 6.45) is 1.85.